The Balaban J connectivity index is 4.58. The fraction of sp³-hybridized carbons (Fsp3) is 0.750. The number of halogens is 6. The van der Waals surface area contributed by atoms with Crippen LogP contribution in [0.15, 0.2) is 0 Å². The highest BCUT2D eigenvalue weighted by Gasteiger charge is 2.63. The molecule has 0 aliphatic carbocycles. The summed E-state index contributed by atoms with van der Waals surface area (Å²) in [5.41, 5.74) is 0. The summed E-state index contributed by atoms with van der Waals surface area (Å²) in [6, 6.07) is 0. The van der Waals surface area contributed by atoms with E-state index in [4.69, 9.17) is 4.79 Å². The van der Waals surface area contributed by atoms with E-state index in [1.165, 1.54) is 0 Å². The molecule has 0 saturated carbocycles. The molecule has 1 radical (unpaired) electrons. The lowest BCUT2D eigenvalue weighted by atomic mass is 10.2. The molecular formula is C4HF6O. The van der Waals surface area contributed by atoms with Crippen LogP contribution in [0.4, 0.5) is 26.3 Å². The van der Waals surface area contributed by atoms with Crippen LogP contribution < -0.4 is 0 Å². The number of carbonyl (C=O) groups excluding carboxylic acids is 1. The van der Waals surface area contributed by atoms with Crippen molar-refractivity contribution in [1.29, 1.82) is 0 Å². The Labute approximate surface area is 57.0 Å². The molecule has 0 aromatic carbocycles. The summed E-state index contributed by atoms with van der Waals surface area (Å²) < 4.78 is 67.9. The highest BCUT2D eigenvalue weighted by molar-refractivity contribution is 5.58. The Hall–Kier alpha value is -0.750. The molecule has 1 unspecified atom stereocenters. The molecule has 0 amide bonds. The predicted molar refractivity (Wildman–Crippen MR) is 21.6 cm³/mol. The molecule has 65 valence electrons. The number of rotatable bonds is 2. The van der Waals surface area contributed by atoms with Crippen molar-refractivity contribution in [3.63, 3.8) is 0 Å². The van der Waals surface area contributed by atoms with Crippen molar-refractivity contribution >= 4 is 6.29 Å². The maximum atomic E-state index is 11.6. The van der Waals surface area contributed by atoms with Crippen molar-refractivity contribution < 1.29 is 31.1 Å². The van der Waals surface area contributed by atoms with Gasteiger partial charge >= 0.3 is 12.1 Å². The molecule has 0 aromatic heterocycles. The Bertz CT molecular complexity index is 149. The van der Waals surface area contributed by atoms with Crippen molar-refractivity contribution in [3.05, 3.63) is 0 Å². The van der Waals surface area contributed by atoms with Gasteiger partial charge in [-0.3, -0.25) is 4.79 Å². The van der Waals surface area contributed by atoms with Crippen LogP contribution in [0.1, 0.15) is 0 Å². The van der Waals surface area contributed by atoms with E-state index in [0.29, 0.717) is 0 Å². The monoisotopic (exact) mass is 179 g/mol. The van der Waals surface area contributed by atoms with E-state index in [1.807, 2.05) is 0 Å². The SMILES string of the molecule is O=[C]C(F)C(F)(F)C(F)(F)F. The molecule has 0 heterocycles. The lowest BCUT2D eigenvalue weighted by molar-refractivity contribution is -0.294. The van der Waals surface area contributed by atoms with Gasteiger partial charge in [0.2, 0.25) is 12.5 Å². The van der Waals surface area contributed by atoms with Gasteiger partial charge in [0.25, 0.3) is 0 Å². The van der Waals surface area contributed by atoms with Crippen molar-refractivity contribution in [1.82, 2.24) is 0 Å². The Kier molecular flexibility index (Phi) is 2.52. The molecule has 0 aliphatic rings. The first kappa shape index (κ1) is 10.2. The van der Waals surface area contributed by atoms with E-state index in [9.17, 15) is 26.3 Å². The molecule has 7 heteroatoms. The second-order valence-corrected chi connectivity index (χ2v) is 1.60. The molecule has 0 aromatic rings. The minimum absolute atomic E-state index is 0.0749. The average molecular weight is 179 g/mol. The zero-order valence-corrected chi connectivity index (χ0v) is 4.75. The smallest absolute Gasteiger partial charge is 0.287 e. The summed E-state index contributed by atoms with van der Waals surface area (Å²) in [6.45, 7) is 0. The maximum Gasteiger partial charge on any atom is 0.456 e. The maximum absolute atomic E-state index is 11.6. The van der Waals surface area contributed by atoms with Crippen LogP contribution in [0, 0.1) is 0 Å². The highest BCUT2D eigenvalue weighted by Crippen LogP contribution is 2.38. The number of alkyl halides is 6. The van der Waals surface area contributed by atoms with Gasteiger partial charge < -0.3 is 0 Å². The molecule has 0 aliphatic heterocycles. The summed E-state index contributed by atoms with van der Waals surface area (Å²) in [7, 11) is 0. The summed E-state index contributed by atoms with van der Waals surface area (Å²) in [5.74, 6) is -5.64. The van der Waals surface area contributed by atoms with Crippen molar-refractivity contribution in [2.24, 2.45) is 0 Å². The fourth-order valence-corrected chi connectivity index (χ4v) is 0.218. The van der Waals surface area contributed by atoms with Gasteiger partial charge in [-0.2, -0.15) is 22.0 Å². The molecule has 0 saturated heterocycles. The molecule has 11 heavy (non-hydrogen) atoms. The van der Waals surface area contributed by atoms with Crippen molar-refractivity contribution in [2.45, 2.75) is 18.3 Å². The summed E-state index contributed by atoms with van der Waals surface area (Å²) >= 11 is 0. The van der Waals surface area contributed by atoms with Crippen LogP contribution in [0.3, 0.4) is 0 Å². The van der Waals surface area contributed by atoms with Crippen LogP contribution in [-0.2, 0) is 4.79 Å². The average Bonchev–Trinajstić information content (AvgIpc) is 1.83. The minimum atomic E-state index is -6.05. The molecule has 0 spiro atoms. The summed E-state index contributed by atoms with van der Waals surface area (Å²) in [5, 5.41) is 0. The van der Waals surface area contributed by atoms with Crippen molar-refractivity contribution in [2.75, 3.05) is 0 Å². The van der Waals surface area contributed by atoms with Gasteiger partial charge in [0, 0.05) is 0 Å². The molecule has 0 fully saturated rings. The third-order valence-electron chi connectivity index (χ3n) is 0.800. The normalized spacial score (nSPS) is 16.2. The van der Waals surface area contributed by atoms with Crippen LogP contribution in [0.5, 0.6) is 0 Å². The first-order valence-electron chi connectivity index (χ1n) is 2.19. The highest BCUT2D eigenvalue weighted by atomic mass is 19.4. The molecule has 0 N–H and O–H groups in total. The standard InChI is InChI=1S/C4HF6O/c5-2(1-11)3(6,7)4(8,9)10/h2H. The fourth-order valence-electron chi connectivity index (χ4n) is 0.218. The third-order valence-corrected chi connectivity index (χ3v) is 0.800. The van der Waals surface area contributed by atoms with Crippen LogP contribution in [0.2, 0.25) is 0 Å². The lowest BCUT2D eigenvalue weighted by Crippen LogP contribution is -2.45. The predicted octanol–water partition coefficient (Wildman–Crippen LogP) is 1.63. The van der Waals surface area contributed by atoms with Crippen LogP contribution in [-0.4, -0.2) is 24.6 Å². The lowest BCUT2D eigenvalue weighted by Gasteiger charge is -2.18. The van der Waals surface area contributed by atoms with Gasteiger partial charge in [0.1, 0.15) is 0 Å². The Morgan fingerprint density at radius 2 is 1.45 bits per heavy atom. The molecule has 0 rings (SSSR count). The first-order chi connectivity index (χ1) is 4.73. The topological polar surface area (TPSA) is 17.1 Å². The van der Waals surface area contributed by atoms with Gasteiger partial charge in [-0.05, 0) is 0 Å². The molecule has 1 nitrogen and oxygen atoms in total. The molecular weight excluding hydrogens is 178 g/mol. The number of hydrogen-bond donors (Lipinski definition) is 0. The van der Waals surface area contributed by atoms with Crippen LogP contribution >= 0.6 is 0 Å². The largest absolute Gasteiger partial charge is 0.456 e. The van der Waals surface area contributed by atoms with E-state index in [-0.39, 0.29) is 6.29 Å². The third kappa shape index (κ3) is 1.84. The zero-order chi connectivity index (χ0) is 9.28. The minimum Gasteiger partial charge on any atom is -0.287 e. The Morgan fingerprint density at radius 3 is 1.55 bits per heavy atom. The van der Waals surface area contributed by atoms with Gasteiger partial charge in [-0.15, -0.1) is 0 Å². The van der Waals surface area contributed by atoms with E-state index >= 15 is 0 Å². The summed E-state index contributed by atoms with van der Waals surface area (Å²) in [4.78, 5) is 9.12. The quantitative estimate of drug-likeness (QED) is 0.588. The second kappa shape index (κ2) is 2.71. The van der Waals surface area contributed by atoms with E-state index in [1.54, 1.807) is 0 Å². The van der Waals surface area contributed by atoms with E-state index in [2.05, 4.69) is 0 Å². The van der Waals surface area contributed by atoms with E-state index < -0.39 is 18.3 Å². The Morgan fingerprint density at radius 1 is 1.09 bits per heavy atom. The van der Waals surface area contributed by atoms with Gasteiger partial charge in [-0.25, -0.2) is 4.39 Å². The van der Waals surface area contributed by atoms with Gasteiger partial charge in [0.15, 0.2) is 0 Å². The van der Waals surface area contributed by atoms with Crippen LogP contribution in [0.25, 0.3) is 0 Å². The van der Waals surface area contributed by atoms with Gasteiger partial charge in [0.05, 0.1) is 0 Å². The first-order valence-corrected chi connectivity index (χ1v) is 2.19. The van der Waals surface area contributed by atoms with Crippen molar-refractivity contribution in [3.8, 4) is 0 Å². The van der Waals surface area contributed by atoms with E-state index in [0.717, 1.165) is 0 Å². The molecule has 1 atom stereocenters. The second-order valence-electron chi connectivity index (χ2n) is 1.60. The molecule has 0 bridgehead atoms. The van der Waals surface area contributed by atoms with Gasteiger partial charge in [-0.1, -0.05) is 0 Å². The zero-order valence-electron chi connectivity index (χ0n) is 4.75. The number of hydrogen-bond acceptors (Lipinski definition) is 1. The summed E-state index contributed by atoms with van der Waals surface area (Å²) in [6.07, 6.45) is -10.1.